The average molecular weight is 246 g/mol. The van der Waals surface area contributed by atoms with Crippen LogP contribution in [0.25, 0.3) is 0 Å². The van der Waals surface area contributed by atoms with E-state index in [-0.39, 0.29) is 17.9 Å². The quantitative estimate of drug-likeness (QED) is 0.807. The van der Waals surface area contributed by atoms with Crippen molar-refractivity contribution in [3.63, 3.8) is 0 Å². The van der Waals surface area contributed by atoms with Crippen LogP contribution in [0.15, 0.2) is 24.3 Å². The van der Waals surface area contributed by atoms with Crippen molar-refractivity contribution in [3.8, 4) is 5.75 Å². The Morgan fingerprint density at radius 2 is 2.17 bits per heavy atom. The lowest BCUT2D eigenvalue weighted by Crippen LogP contribution is -2.37. The van der Waals surface area contributed by atoms with Crippen LogP contribution in [0, 0.1) is 0 Å². The molecule has 2 N–H and O–H groups in total. The molecular weight excluding hydrogens is 228 g/mol. The van der Waals surface area contributed by atoms with Gasteiger partial charge in [-0.05, 0) is 18.9 Å². The number of para-hydroxylation sites is 1. The van der Waals surface area contributed by atoms with E-state index in [1.165, 1.54) is 0 Å². The van der Waals surface area contributed by atoms with Crippen molar-refractivity contribution in [3.05, 3.63) is 29.8 Å². The highest BCUT2D eigenvalue weighted by Gasteiger charge is 2.33. The van der Waals surface area contributed by atoms with E-state index >= 15 is 0 Å². The fourth-order valence-corrected chi connectivity index (χ4v) is 2.81. The predicted molar refractivity (Wildman–Crippen MR) is 68.5 cm³/mol. The molecule has 3 rings (SSSR count). The minimum absolute atomic E-state index is 0.0553. The van der Waals surface area contributed by atoms with Crippen LogP contribution in [-0.2, 0) is 4.79 Å². The number of nitrogens with two attached hydrogens (primary N) is 1. The Labute approximate surface area is 107 Å². The third kappa shape index (κ3) is 1.97. The van der Waals surface area contributed by atoms with Gasteiger partial charge in [0.25, 0.3) is 0 Å². The molecule has 0 spiro atoms. The number of nitrogens with zero attached hydrogens (tertiary/aromatic N) is 1. The van der Waals surface area contributed by atoms with Crippen LogP contribution in [0.5, 0.6) is 5.75 Å². The summed E-state index contributed by atoms with van der Waals surface area (Å²) in [5, 5.41) is 0. The Kier molecular flexibility index (Phi) is 2.96. The zero-order valence-corrected chi connectivity index (χ0v) is 10.3. The van der Waals surface area contributed by atoms with Gasteiger partial charge in [-0.2, -0.15) is 0 Å². The molecule has 0 saturated carbocycles. The maximum atomic E-state index is 12.5. The van der Waals surface area contributed by atoms with Gasteiger partial charge in [-0.3, -0.25) is 4.79 Å². The number of ether oxygens (including phenoxy) is 1. The fourth-order valence-electron chi connectivity index (χ4n) is 2.81. The van der Waals surface area contributed by atoms with Crippen molar-refractivity contribution in [2.24, 2.45) is 5.73 Å². The van der Waals surface area contributed by atoms with Crippen LogP contribution in [0.4, 0.5) is 0 Å². The molecule has 4 nitrogen and oxygen atoms in total. The van der Waals surface area contributed by atoms with Crippen LogP contribution >= 0.6 is 0 Å². The van der Waals surface area contributed by atoms with Gasteiger partial charge < -0.3 is 15.4 Å². The molecule has 1 aromatic carbocycles. The van der Waals surface area contributed by atoms with Crippen LogP contribution in [0.3, 0.4) is 0 Å². The predicted octanol–water partition coefficient (Wildman–Crippen LogP) is 1.11. The average Bonchev–Trinajstić information content (AvgIpc) is 2.84. The van der Waals surface area contributed by atoms with Gasteiger partial charge in [0.1, 0.15) is 5.75 Å². The van der Waals surface area contributed by atoms with Gasteiger partial charge in [0.15, 0.2) is 0 Å². The van der Waals surface area contributed by atoms with Gasteiger partial charge in [-0.25, -0.2) is 0 Å². The van der Waals surface area contributed by atoms with Gasteiger partial charge >= 0.3 is 0 Å². The normalized spacial score (nSPS) is 26.6. The topological polar surface area (TPSA) is 55.6 Å². The molecular formula is C14H18N2O2. The summed E-state index contributed by atoms with van der Waals surface area (Å²) >= 11 is 0. The molecule has 2 heterocycles. The van der Waals surface area contributed by atoms with Gasteiger partial charge in [0.05, 0.1) is 12.5 Å². The summed E-state index contributed by atoms with van der Waals surface area (Å²) in [6.07, 6.45) is 1.68. The fraction of sp³-hybridized carbons (Fsp3) is 0.500. The Morgan fingerprint density at radius 3 is 2.94 bits per heavy atom. The summed E-state index contributed by atoms with van der Waals surface area (Å²) in [6.45, 7) is 2.10. The van der Waals surface area contributed by atoms with Crippen molar-refractivity contribution in [2.45, 2.75) is 24.8 Å². The first kappa shape index (κ1) is 11.5. The van der Waals surface area contributed by atoms with E-state index < -0.39 is 0 Å². The summed E-state index contributed by atoms with van der Waals surface area (Å²) in [5.41, 5.74) is 6.89. The van der Waals surface area contributed by atoms with Gasteiger partial charge in [-0.15, -0.1) is 0 Å². The van der Waals surface area contributed by atoms with Crippen LogP contribution in [0.1, 0.15) is 24.3 Å². The van der Waals surface area contributed by atoms with E-state index in [1.54, 1.807) is 0 Å². The number of amides is 1. The highest BCUT2D eigenvalue weighted by atomic mass is 16.5. The maximum Gasteiger partial charge on any atom is 0.230 e. The molecule has 0 aromatic heterocycles. The van der Waals surface area contributed by atoms with Gasteiger partial charge in [0.2, 0.25) is 5.91 Å². The van der Waals surface area contributed by atoms with Gasteiger partial charge in [0, 0.05) is 24.7 Å². The lowest BCUT2D eigenvalue weighted by atomic mass is 9.92. The van der Waals surface area contributed by atoms with Crippen molar-refractivity contribution in [2.75, 3.05) is 19.7 Å². The molecule has 0 radical (unpaired) electrons. The summed E-state index contributed by atoms with van der Waals surface area (Å²) in [4.78, 5) is 14.4. The molecule has 1 saturated heterocycles. The minimum atomic E-state index is -0.0553. The van der Waals surface area contributed by atoms with Gasteiger partial charge in [-0.1, -0.05) is 18.2 Å². The van der Waals surface area contributed by atoms with E-state index in [9.17, 15) is 4.79 Å². The Bertz CT molecular complexity index is 461. The Balaban J connectivity index is 1.83. The first-order valence-electron chi connectivity index (χ1n) is 6.52. The van der Waals surface area contributed by atoms with E-state index in [1.807, 2.05) is 29.2 Å². The van der Waals surface area contributed by atoms with Crippen molar-refractivity contribution >= 4 is 5.91 Å². The number of rotatable bonds is 1. The molecule has 1 fully saturated rings. The Hall–Kier alpha value is -1.55. The molecule has 1 aromatic rings. The Morgan fingerprint density at radius 1 is 1.33 bits per heavy atom. The van der Waals surface area contributed by atoms with E-state index in [4.69, 9.17) is 10.5 Å². The van der Waals surface area contributed by atoms with Crippen molar-refractivity contribution in [1.82, 2.24) is 4.90 Å². The number of hydrogen-bond donors (Lipinski definition) is 1. The number of carbonyl (C=O) groups excluding carboxylic acids is 1. The third-order valence-corrected chi connectivity index (χ3v) is 3.79. The van der Waals surface area contributed by atoms with E-state index in [0.29, 0.717) is 13.2 Å². The summed E-state index contributed by atoms with van der Waals surface area (Å²) in [5.74, 6) is 1.00. The van der Waals surface area contributed by atoms with Crippen LogP contribution < -0.4 is 10.5 Å². The molecule has 0 aliphatic carbocycles. The second kappa shape index (κ2) is 4.61. The second-order valence-corrected chi connectivity index (χ2v) is 5.06. The molecule has 0 bridgehead atoms. The third-order valence-electron chi connectivity index (χ3n) is 3.79. The summed E-state index contributed by atoms with van der Waals surface area (Å²) in [6, 6.07) is 7.97. The van der Waals surface area contributed by atoms with Crippen LogP contribution in [0.2, 0.25) is 0 Å². The smallest absolute Gasteiger partial charge is 0.230 e. The molecule has 4 heteroatoms. The number of hydrogen-bond acceptors (Lipinski definition) is 3. The first-order valence-corrected chi connectivity index (χ1v) is 6.52. The molecule has 18 heavy (non-hydrogen) atoms. The second-order valence-electron chi connectivity index (χ2n) is 5.06. The zero-order chi connectivity index (χ0) is 12.5. The SMILES string of the molecule is N[C@@H]1CCN(C(=O)[C@H]2CCOc3ccccc32)C1. The monoisotopic (exact) mass is 246 g/mol. The minimum Gasteiger partial charge on any atom is -0.493 e. The van der Waals surface area contributed by atoms with E-state index in [2.05, 4.69) is 0 Å². The van der Waals surface area contributed by atoms with Crippen molar-refractivity contribution in [1.29, 1.82) is 0 Å². The first-order chi connectivity index (χ1) is 8.75. The molecule has 2 aliphatic rings. The highest BCUT2D eigenvalue weighted by molar-refractivity contribution is 5.85. The molecule has 2 aliphatic heterocycles. The molecule has 96 valence electrons. The number of carbonyl (C=O) groups is 1. The maximum absolute atomic E-state index is 12.5. The number of likely N-dealkylation sites (tertiary alicyclic amines) is 1. The summed E-state index contributed by atoms with van der Waals surface area (Å²) in [7, 11) is 0. The largest absolute Gasteiger partial charge is 0.493 e. The lowest BCUT2D eigenvalue weighted by Gasteiger charge is -2.28. The number of fused-ring (bicyclic) bond motifs is 1. The van der Waals surface area contributed by atoms with Crippen LogP contribution in [-0.4, -0.2) is 36.5 Å². The molecule has 2 atom stereocenters. The summed E-state index contributed by atoms with van der Waals surface area (Å²) < 4.78 is 5.59. The molecule has 1 amide bonds. The standard InChI is InChI=1S/C14H18N2O2/c15-10-5-7-16(9-10)14(17)12-6-8-18-13-4-2-1-3-11(12)13/h1-4,10,12H,5-9,15H2/t10-,12+/m1/s1. The van der Waals surface area contributed by atoms with Crippen molar-refractivity contribution < 1.29 is 9.53 Å². The number of benzene rings is 1. The van der Waals surface area contributed by atoms with E-state index in [0.717, 1.165) is 30.7 Å². The lowest BCUT2D eigenvalue weighted by molar-refractivity contribution is -0.132. The molecule has 0 unspecified atom stereocenters. The zero-order valence-electron chi connectivity index (χ0n) is 10.3. The highest BCUT2D eigenvalue weighted by Crippen LogP contribution is 2.35.